The molecule has 0 radical (unpaired) electrons. The zero-order chi connectivity index (χ0) is 27.1. The molecule has 0 saturated carbocycles. The quantitative estimate of drug-likeness (QED) is 0.421. The Labute approximate surface area is 219 Å². The van der Waals surface area contributed by atoms with E-state index in [1.165, 1.54) is 18.3 Å². The molecule has 2 aromatic rings. The highest BCUT2D eigenvalue weighted by molar-refractivity contribution is 7.09. The minimum absolute atomic E-state index is 0.0592. The lowest BCUT2D eigenvalue weighted by Gasteiger charge is -2.41. The van der Waals surface area contributed by atoms with Gasteiger partial charge >= 0.3 is 5.97 Å². The van der Waals surface area contributed by atoms with Gasteiger partial charge in [-0.2, -0.15) is 0 Å². The molecule has 7 heteroatoms. The van der Waals surface area contributed by atoms with E-state index in [9.17, 15) is 14.4 Å². The third-order valence-electron chi connectivity index (χ3n) is 6.65. The molecule has 1 aliphatic heterocycles. The Morgan fingerprint density at radius 3 is 2.17 bits per heavy atom. The minimum Gasteiger partial charge on any atom is -0.458 e. The number of ether oxygens (including phenoxy) is 1. The van der Waals surface area contributed by atoms with Crippen LogP contribution in [0.25, 0.3) is 0 Å². The van der Waals surface area contributed by atoms with E-state index in [4.69, 9.17) is 4.74 Å². The summed E-state index contributed by atoms with van der Waals surface area (Å²) in [5.74, 6) is -1.29. The molecule has 3 atom stereocenters. The molecule has 1 aromatic heterocycles. The number of amides is 1. The van der Waals surface area contributed by atoms with Crippen LogP contribution < -0.4 is 0 Å². The third-order valence-corrected chi connectivity index (χ3v) is 7.49. The van der Waals surface area contributed by atoms with E-state index in [-0.39, 0.29) is 29.4 Å². The molecule has 1 amide bonds. The number of aromatic nitrogens is 1. The summed E-state index contributed by atoms with van der Waals surface area (Å²) in [6.45, 7) is 17.4. The topological polar surface area (TPSA) is 76.6 Å². The highest BCUT2D eigenvalue weighted by Crippen LogP contribution is 2.52. The predicted octanol–water partition coefficient (Wildman–Crippen LogP) is 6.36. The van der Waals surface area contributed by atoms with Gasteiger partial charge in [-0.25, -0.2) is 9.78 Å². The van der Waals surface area contributed by atoms with Crippen molar-refractivity contribution in [2.45, 2.75) is 97.8 Å². The molecular formula is C29H40N2O4S. The average molecular weight is 513 g/mol. The van der Waals surface area contributed by atoms with Gasteiger partial charge in [-0.05, 0) is 69.6 Å². The van der Waals surface area contributed by atoms with Crippen LogP contribution in [0.4, 0.5) is 0 Å². The summed E-state index contributed by atoms with van der Waals surface area (Å²) < 4.78 is 5.94. The highest BCUT2D eigenvalue weighted by atomic mass is 32.1. The molecule has 0 N–H and O–H groups in total. The number of likely N-dealkylation sites (tertiary alicyclic amines) is 1. The Balaban J connectivity index is 2.23. The molecule has 36 heavy (non-hydrogen) atoms. The molecule has 0 aliphatic carbocycles. The van der Waals surface area contributed by atoms with Crippen LogP contribution in [-0.4, -0.2) is 38.7 Å². The number of rotatable bonds is 6. The van der Waals surface area contributed by atoms with Crippen LogP contribution in [0, 0.1) is 11.8 Å². The number of carbonyl (C=O) groups excluding carboxylic acids is 3. The number of hydrogen-bond donors (Lipinski definition) is 0. The van der Waals surface area contributed by atoms with Crippen molar-refractivity contribution in [1.82, 2.24) is 9.88 Å². The van der Waals surface area contributed by atoms with Crippen LogP contribution in [0.1, 0.15) is 102 Å². The second-order valence-electron chi connectivity index (χ2n) is 12.4. The monoisotopic (exact) mass is 512 g/mol. The normalized spacial score (nSPS) is 22.7. The number of benzene rings is 1. The second kappa shape index (κ2) is 10.1. The summed E-state index contributed by atoms with van der Waals surface area (Å²) in [6.07, 6.45) is 2.28. The zero-order valence-electron chi connectivity index (χ0n) is 23.0. The molecule has 6 nitrogen and oxygen atoms in total. The first-order chi connectivity index (χ1) is 16.6. The van der Waals surface area contributed by atoms with E-state index >= 15 is 0 Å². The predicted molar refractivity (Wildman–Crippen MR) is 143 cm³/mol. The van der Waals surface area contributed by atoms with Crippen LogP contribution in [0.2, 0.25) is 0 Å². The summed E-state index contributed by atoms with van der Waals surface area (Å²) in [6, 6.07) is 6.92. The number of ketones is 1. The van der Waals surface area contributed by atoms with Gasteiger partial charge in [-0.3, -0.25) is 9.59 Å². The highest BCUT2D eigenvalue weighted by Gasteiger charge is 2.61. The smallest absolute Gasteiger partial charge is 0.332 e. The van der Waals surface area contributed by atoms with Gasteiger partial charge < -0.3 is 9.64 Å². The van der Waals surface area contributed by atoms with Crippen molar-refractivity contribution in [1.29, 1.82) is 0 Å². The Hall–Kier alpha value is -2.54. The summed E-state index contributed by atoms with van der Waals surface area (Å²) >= 11 is 1.40. The van der Waals surface area contributed by atoms with E-state index in [0.29, 0.717) is 17.0 Å². The SMILES string of the molecule is CC(=O)[C@@H]1C[C@@](CC(C)C)(C(=O)OC(C)(C)C)N(C(=O)c2ccc(C(C)(C)C)cc2)[C@H]1c1nccs1. The maximum absolute atomic E-state index is 14.3. The van der Waals surface area contributed by atoms with E-state index in [1.54, 1.807) is 11.1 Å². The molecule has 1 fully saturated rings. The largest absolute Gasteiger partial charge is 0.458 e. The molecule has 0 unspecified atom stereocenters. The fraction of sp³-hybridized carbons (Fsp3) is 0.586. The Kier molecular flexibility index (Phi) is 7.85. The molecule has 3 rings (SSSR count). The first-order valence-corrected chi connectivity index (χ1v) is 13.5. The number of nitrogens with zero attached hydrogens (tertiary/aromatic N) is 2. The summed E-state index contributed by atoms with van der Waals surface area (Å²) in [5.41, 5.74) is -0.496. The van der Waals surface area contributed by atoms with Crippen LogP contribution in [0.3, 0.4) is 0 Å². The maximum atomic E-state index is 14.3. The second-order valence-corrected chi connectivity index (χ2v) is 13.3. The fourth-order valence-corrected chi connectivity index (χ4v) is 5.91. The Morgan fingerprint density at radius 1 is 1.11 bits per heavy atom. The molecule has 1 saturated heterocycles. The van der Waals surface area contributed by atoms with E-state index in [2.05, 4.69) is 25.8 Å². The third kappa shape index (κ3) is 5.72. The molecule has 0 spiro atoms. The van der Waals surface area contributed by atoms with Crippen LogP contribution >= 0.6 is 11.3 Å². The van der Waals surface area contributed by atoms with E-state index in [1.807, 2.05) is 64.3 Å². The maximum Gasteiger partial charge on any atom is 0.332 e. The van der Waals surface area contributed by atoms with Gasteiger partial charge in [-0.1, -0.05) is 46.8 Å². The van der Waals surface area contributed by atoms with Gasteiger partial charge in [0.1, 0.15) is 21.9 Å². The minimum atomic E-state index is -1.28. The molecule has 1 aliphatic rings. The number of esters is 1. The van der Waals surface area contributed by atoms with Crippen LogP contribution in [0.15, 0.2) is 35.8 Å². The average Bonchev–Trinajstić information content (AvgIpc) is 3.37. The number of hydrogen-bond acceptors (Lipinski definition) is 6. The van der Waals surface area contributed by atoms with Crippen molar-refractivity contribution in [2.75, 3.05) is 0 Å². The lowest BCUT2D eigenvalue weighted by molar-refractivity contribution is -0.168. The first-order valence-electron chi connectivity index (χ1n) is 12.6. The van der Waals surface area contributed by atoms with Crippen LogP contribution in [0.5, 0.6) is 0 Å². The van der Waals surface area contributed by atoms with Crippen molar-refractivity contribution in [3.05, 3.63) is 52.0 Å². The van der Waals surface area contributed by atoms with Gasteiger partial charge in [0.15, 0.2) is 0 Å². The van der Waals surface area contributed by atoms with Gasteiger partial charge in [0.25, 0.3) is 5.91 Å². The standard InChI is InChI=1S/C29H40N2O4S/c1-18(2)16-29(26(34)35-28(7,8)9)17-22(19(3)32)23(24-30-14-15-36-24)31(29)25(33)20-10-12-21(13-11-20)27(4,5)6/h10-15,18,22-23H,16-17H2,1-9H3/t22-,23+,29-/m0/s1. The van der Waals surface area contributed by atoms with E-state index in [0.717, 1.165) is 5.56 Å². The molecule has 2 heterocycles. The van der Waals surface area contributed by atoms with Gasteiger partial charge in [0.05, 0.1) is 6.04 Å². The van der Waals surface area contributed by atoms with Crippen molar-refractivity contribution in [3.63, 3.8) is 0 Å². The summed E-state index contributed by atoms with van der Waals surface area (Å²) in [7, 11) is 0. The lowest BCUT2D eigenvalue weighted by atomic mass is 9.82. The van der Waals surface area contributed by atoms with Gasteiger partial charge in [-0.15, -0.1) is 11.3 Å². The first kappa shape index (κ1) is 28.0. The fourth-order valence-electron chi connectivity index (χ4n) is 5.12. The Bertz CT molecular complexity index is 1090. The van der Waals surface area contributed by atoms with Gasteiger partial charge in [0.2, 0.25) is 0 Å². The molecular weight excluding hydrogens is 472 g/mol. The van der Waals surface area contributed by atoms with Gasteiger partial charge in [0, 0.05) is 23.1 Å². The van der Waals surface area contributed by atoms with Crippen LogP contribution in [-0.2, 0) is 19.7 Å². The van der Waals surface area contributed by atoms with Crippen molar-refractivity contribution < 1.29 is 19.1 Å². The Morgan fingerprint density at radius 2 is 1.72 bits per heavy atom. The number of carbonyl (C=O) groups is 3. The summed E-state index contributed by atoms with van der Waals surface area (Å²) in [5, 5.41) is 2.49. The zero-order valence-corrected chi connectivity index (χ0v) is 23.9. The van der Waals surface area contributed by atoms with Crippen molar-refractivity contribution in [3.8, 4) is 0 Å². The number of thiazole rings is 1. The molecule has 0 bridgehead atoms. The van der Waals surface area contributed by atoms with E-state index < -0.39 is 29.1 Å². The number of Topliss-reactive ketones (excluding diaryl/α,β-unsaturated/α-hetero) is 1. The van der Waals surface area contributed by atoms with Crippen molar-refractivity contribution >= 4 is 29.0 Å². The van der Waals surface area contributed by atoms with Crippen molar-refractivity contribution in [2.24, 2.45) is 11.8 Å². The molecule has 196 valence electrons. The summed E-state index contributed by atoms with van der Waals surface area (Å²) in [4.78, 5) is 47.4. The lowest BCUT2D eigenvalue weighted by Crippen LogP contribution is -2.56. The molecule has 1 aromatic carbocycles.